The van der Waals surface area contributed by atoms with Crippen LogP contribution in [0, 0.1) is 12.7 Å². The smallest absolute Gasteiger partial charge is 0.244 e. The van der Waals surface area contributed by atoms with E-state index in [0.29, 0.717) is 18.0 Å². The lowest BCUT2D eigenvalue weighted by Gasteiger charge is -2.23. The third kappa shape index (κ3) is 3.96. The summed E-state index contributed by atoms with van der Waals surface area (Å²) in [5.74, 6) is 0.215. The van der Waals surface area contributed by atoms with Gasteiger partial charge in [-0.3, -0.25) is 4.79 Å². The Morgan fingerprint density at radius 1 is 1.32 bits per heavy atom. The molecule has 0 fully saturated rings. The van der Waals surface area contributed by atoms with E-state index in [1.807, 2.05) is 18.2 Å². The lowest BCUT2D eigenvalue weighted by molar-refractivity contribution is -0.130. The molecule has 0 saturated carbocycles. The quantitative estimate of drug-likeness (QED) is 0.768. The maximum atomic E-state index is 13.3. The fourth-order valence-corrected chi connectivity index (χ4v) is 2.76. The van der Waals surface area contributed by atoms with Crippen molar-refractivity contribution in [2.45, 2.75) is 26.4 Å². The Kier molecular flexibility index (Phi) is 4.70. The molecule has 130 valence electrons. The van der Waals surface area contributed by atoms with Crippen molar-refractivity contribution in [2.24, 2.45) is 0 Å². The molecule has 6 heteroatoms. The summed E-state index contributed by atoms with van der Waals surface area (Å²) in [6.07, 6.45) is 0. The number of rotatable bonds is 5. The van der Waals surface area contributed by atoms with Crippen LogP contribution < -0.4 is 5.32 Å². The summed E-state index contributed by atoms with van der Waals surface area (Å²) in [7, 11) is 1.70. The van der Waals surface area contributed by atoms with Gasteiger partial charge in [-0.05, 0) is 42.8 Å². The van der Waals surface area contributed by atoms with E-state index in [-0.39, 0.29) is 11.7 Å². The van der Waals surface area contributed by atoms with Crippen molar-refractivity contribution in [1.82, 2.24) is 9.88 Å². The van der Waals surface area contributed by atoms with Crippen LogP contribution in [0.4, 0.5) is 10.1 Å². The number of nitrogens with one attached hydrogen (secondary N) is 1. The topological polar surface area (TPSA) is 58.4 Å². The number of oxazole rings is 1. The average Bonchev–Trinajstić information content (AvgIpc) is 2.93. The van der Waals surface area contributed by atoms with Gasteiger partial charge >= 0.3 is 0 Å². The number of halogens is 1. The zero-order chi connectivity index (χ0) is 18.0. The van der Waals surface area contributed by atoms with Gasteiger partial charge in [-0.15, -0.1) is 0 Å². The van der Waals surface area contributed by atoms with E-state index in [9.17, 15) is 9.18 Å². The Labute approximate surface area is 145 Å². The Bertz CT molecular complexity index is 907. The van der Waals surface area contributed by atoms with Crippen molar-refractivity contribution < 1.29 is 13.6 Å². The first-order valence-electron chi connectivity index (χ1n) is 8.05. The molecule has 1 N–H and O–H groups in total. The minimum atomic E-state index is -0.427. The molecule has 0 aliphatic heterocycles. The van der Waals surface area contributed by atoms with Crippen molar-refractivity contribution in [1.29, 1.82) is 0 Å². The van der Waals surface area contributed by atoms with E-state index >= 15 is 0 Å². The highest BCUT2D eigenvalue weighted by Gasteiger charge is 2.18. The molecule has 0 aliphatic carbocycles. The third-order valence-electron chi connectivity index (χ3n) is 3.93. The summed E-state index contributed by atoms with van der Waals surface area (Å²) in [4.78, 5) is 18.4. The van der Waals surface area contributed by atoms with Crippen LogP contribution in [-0.2, 0) is 11.3 Å². The van der Waals surface area contributed by atoms with Crippen LogP contribution in [0.15, 0.2) is 46.9 Å². The second-order valence-corrected chi connectivity index (χ2v) is 6.11. The van der Waals surface area contributed by atoms with Gasteiger partial charge in [0.1, 0.15) is 17.4 Å². The van der Waals surface area contributed by atoms with Crippen molar-refractivity contribution >= 4 is 22.7 Å². The average molecular weight is 341 g/mol. The molecule has 0 bridgehead atoms. The molecule has 1 aromatic heterocycles. The predicted octanol–water partition coefficient (Wildman–Crippen LogP) is 3.73. The molecule has 25 heavy (non-hydrogen) atoms. The first-order chi connectivity index (χ1) is 11.9. The number of carbonyl (C=O) groups excluding carboxylic acids is 1. The van der Waals surface area contributed by atoms with Crippen molar-refractivity contribution in [3.63, 3.8) is 0 Å². The number of carbonyl (C=O) groups is 1. The molecule has 1 heterocycles. The van der Waals surface area contributed by atoms with Crippen LogP contribution in [0.1, 0.15) is 18.4 Å². The molecule has 1 atom stereocenters. The number of amides is 1. The van der Waals surface area contributed by atoms with E-state index in [1.54, 1.807) is 37.9 Å². The van der Waals surface area contributed by atoms with Crippen molar-refractivity contribution in [3.8, 4) is 0 Å². The Hall–Kier alpha value is -2.89. The summed E-state index contributed by atoms with van der Waals surface area (Å²) in [6, 6.07) is 11.4. The zero-order valence-corrected chi connectivity index (χ0v) is 14.4. The predicted molar refractivity (Wildman–Crippen MR) is 94.7 cm³/mol. The summed E-state index contributed by atoms with van der Waals surface area (Å²) >= 11 is 0. The van der Waals surface area contributed by atoms with Gasteiger partial charge in [-0.1, -0.05) is 12.1 Å². The number of nitrogens with zero attached hydrogens (tertiary/aromatic N) is 2. The van der Waals surface area contributed by atoms with Gasteiger partial charge < -0.3 is 14.6 Å². The van der Waals surface area contributed by atoms with Crippen LogP contribution in [0.3, 0.4) is 0 Å². The molecule has 0 radical (unpaired) electrons. The zero-order valence-electron chi connectivity index (χ0n) is 14.4. The summed E-state index contributed by atoms with van der Waals surface area (Å²) in [6.45, 7) is 3.94. The summed E-state index contributed by atoms with van der Waals surface area (Å²) in [5.41, 5.74) is 3.00. The molecule has 0 saturated heterocycles. The largest absolute Gasteiger partial charge is 0.441 e. The highest BCUT2D eigenvalue weighted by atomic mass is 19.1. The van der Waals surface area contributed by atoms with Gasteiger partial charge in [0.2, 0.25) is 5.91 Å². The first-order valence-corrected chi connectivity index (χ1v) is 8.05. The van der Waals surface area contributed by atoms with E-state index in [2.05, 4.69) is 10.3 Å². The van der Waals surface area contributed by atoms with Gasteiger partial charge in [0.15, 0.2) is 11.5 Å². The second-order valence-electron chi connectivity index (χ2n) is 6.11. The standard InChI is InChI=1S/C19H20FN3O2/c1-12(19(24)23(3)11-14-5-4-6-15(20)9-14)21-16-7-8-18-17(10-16)22-13(2)25-18/h4-10,12,21H,11H2,1-3H3. The monoisotopic (exact) mass is 341 g/mol. The molecule has 3 rings (SSSR count). The molecule has 0 aliphatic rings. The molecule has 1 amide bonds. The normalized spacial score (nSPS) is 12.2. The molecule has 0 spiro atoms. The lowest BCUT2D eigenvalue weighted by atomic mass is 10.2. The number of benzene rings is 2. The molecular formula is C19H20FN3O2. The number of anilines is 1. The summed E-state index contributed by atoms with van der Waals surface area (Å²) in [5, 5.41) is 3.17. The van der Waals surface area contributed by atoms with Gasteiger partial charge in [0, 0.05) is 26.2 Å². The van der Waals surface area contributed by atoms with Crippen LogP contribution in [-0.4, -0.2) is 28.9 Å². The fourth-order valence-electron chi connectivity index (χ4n) is 2.76. The lowest BCUT2D eigenvalue weighted by Crippen LogP contribution is -2.38. The number of aryl methyl sites for hydroxylation is 1. The number of aromatic nitrogens is 1. The van der Waals surface area contributed by atoms with Gasteiger partial charge in [-0.2, -0.15) is 0 Å². The molecule has 2 aromatic carbocycles. The molecule has 5 nitrogen and oxygen atoms in total. The van der Waals surface area contributed by atoms with Crippen LogP contribution >= 0.6 is 0 Å². The Morgan fingerprint density at radius 2 is 2.12 bits per heavy atom. The number of likely N-dealkylation sites (N-methyl/N-ethyl adjacent to an activating group) is 1. The van der Waals surface area contributed by atoms with Gasteiger partial charge in [-0.25, -0.2) is 9.37 Å². The molecule has 3 aromatic rings. The van der Waals surface area contributed by atoms with Crippen LogP contribution in [0.5, 0.6) is 0 Å². The molecule has 1 unspecified atom stereocenters. The number of fused-ring (bicyclic) bond motifs is 1. The van der Waals surface area contributed by atoms with Crippen molar-refractivity contribution in [3.05, 3.63) is 59.7 Å². The third-order valence-corrected chi connectivity index (χ3v) is 3.93. The van der Waals surface area contributed by atoms with Gasteiger partial charge in [0.05, 0.1) is 0 Å². The number of hydrogen-bond donors (Lipinski definition) is 1. The van der Waals surface area contributed by atoms with Gasteiger partial charge in [0.25, 0.3) is 0 Å². The highest BCUT2D eigenvalue weighted by molar-refractivity contribution is 5.85. The van der Waals surface area contributed by atoms with E-state index in [1.165, 1.54) is 12.1 Å². The Morgan fingerprint density at radius 3 is 2.88 bits per heavy atom. The van der Waals surface area contributed by atoms with E-state index < -0.39 is 6.04 Å². The molecular weight excluding hydrogens is 321 g/mol. The van der Waals surface area contributed by atoms with E-state index in [0.717, 1.165) is 16.8 Å². The minimum absolute atomic E-state index is 0.0827. The van der Waals surface area contributed by atoms with E-state index in [4.69, 9.17) is 4.42 Å². The second kappa shape index (κ2) is 6.93. The summed E-state index contributed by atoms with van der Waals surface area (Å²) < 4.78 is 18.7. The van der Waals surface area contributed by atoms with Crippen molar-refractivity contribution in [2.75, 3.05) is 12.4 Å². The maximum Gasteiger partial charge on any atom is 0.244 e. The fraction of sp³-hybridized carbons (Fsp3) is 0.263. The van der Waals surface area contributed by atoms with Crippen LogP contribution in [0.25, 0.3) is 11.1 Å². The number of hydrogen-bond acceptors (Lipinski definition) is 4. The maximum absolute atomic E-state index is 13.3. The first kappa shape index (κ1) is 17.0. The SMILES string of the molecule is Cc1nc2cc(NC(C)C(=O)N(C)Cc3cccc(F)c3)ccc2o1. The van der Waals surface area contributed by atoms with Crippen LogP contribution in [0.2, 0.25) is 0 Å². The highest BCUT2D eigenvalue weighted by Crippen LogP contribution is 2.20. The minimum Gasteiger partial charge on any atom is -0.441 e. The Balaban J connectivity index is 1.66.